The van der Waals surface area contributed by atoms with Crippen LogP contribution >= 0.6 is 34.4 Å². The minimum absolute atomic E-state index is 0.762. The zero-order chi connectivity index (χ0) is 13.0. The summed E-state index contributed by atoms with van der Waals surface area (Å²) in [4.78, 5) is 2.19. The smallest absolute Gasteiger partial charge is 0.100 e. The third-order valence-electron chi connectivity index (χ3n) is 2.61. The molecule has 2 aromatic rings. The van der Waals surface area contributed by atoms with Gasteiger partial charge in [-0.3, -0.25) is 0 Å². The fourth-order valence-electron chi connectivity index (χ4n) is 1.60. The fourth-order valence-corrected chi connectivity index (χ4v) is 2.84. The second-order valence-electron chi connectivity index (χ2n) is 3.85. The van der Waals surface area contributed by atoms with E-state index in [4.69, 9.17) is 0 Å². The summed E-state index contributed by atoms with van der Waals surface area (Å²) in [5.74, 6) is 0. The minimum atomic E-state index is 0.762. The number of aryl methyl sites for hydroxylation is 1. The van der Waals surface area contributed by atoms with E-state index in [9.17, 15) is 5.26 Å². The van der Waals surface area contributed by atoms with E-state index in [2.05, 4.69) is 65.9 Å². The molecule has 0 aliphatic heterocycles. The number of nitrogens with zero attached hydrogens (tertiary/aromatic N) is 1. The molecule has 0 unspecified atom stereocenters. The van der Waals surface area contributed by atoms with Crippen LogP contribution in [0.3, 0.4) is 0 Å². The lowest BCUT2D eigenvalue weighted by atomic mass is 10.1. The third kappa shape index (κ3) is 3.27. The predicted octanol–water partition coefficient (Wildman–Crippen LogP) is 4.88. The third-order valence-corrected chi connectivity index (χ3v) is 4.42. The summed E-state index contributed by atoms with van der Waals surface area (Å²) in [6.45, 7) is 2.10. The first-order valence-electron chi connectivity index (χ1n) is 5.69. The summed E-state index contributed by atoms with van der Waals surface area (Å²) < 4.78 is 1.22. The summed E-state index contributed by atoms with van der Waals surface area (Å²) in [6.07, 6.45) is 0.961. The first-order valence-corrected chi connectivity index (χ1v) is 7.59. The molecular weight excluding hydrogens is 353 g/mol. The number of hydrogen-bond donors (Lipinski definition) is 0. The van der Waals surface area contributed by atoms with Crippen molar-refractivity contribution >= 4 is 34.4 Å². The van der Waals surface area contributed by atoms with E-state index in [-0.39, 0.29) is 0 Å². The highest BCUT2D eigenvalue weighted by Crippen LogP contribution is 2.31. The quantitative estimate of drug-likeness (QED) is 0.724. The Morgan fingerprint density at radius 2 is 1.89 bits per heavy atom. The average Bonchev–Trinajstić information content (AvgIpc) is 2.41. The summed E-state index contributed by atoms with van der Waals surface area (Å²) >= 11 is 3.93. The van der Waals surface area contributed by atoms with Gasteiger partial charge in [-0.25, -0.2) is 0 Å². The maximum atomic E-state index is 9.20. The van der Waals surface area contributed by atoms with E-state index in [1.165, 1.54) is 9.13 Å². The first-order chi connectivity index (χ1) is 8.72. The van der Waals surface area contributed by atoms with Crippen LogP contribution < -0.4 is 0 Å². The van der Waals surface area contributed by atoms with Gasteiger partial charge < -0.3 is 0 Å². The molecule has 3 heteroatoms. The van der Waals surface area contributed by atoms with E-state index < -0.39 is 0 Å². The Hall–Kier alpha value is -0.990. The molecule has 2 rings (SSSR count). The van der Waals surface area contributed by atoms with Crippen LogP contribution in [0.5, 0.6) is 0 Å². The maximum absolute atomic E-state index is 9.20. The van der Waals surface area contributed by atoms with Crippen molar-refractivity contribution in [2.75, 3.05) is 0 Å². The Kier molecular flexibility index (Phi) is 4.67. The molecule has 18 heavy (non-hydrogen) atoms. The molecule has 0 bridgehead atoms. The largest absolute Gasteiger partial charge is 0.192 e. The van der Waals surface area contributed by atoms with Crippen LogP contribution in [-0.4, -0.2) is 0 Å². The summed E-state index contributed by atoms with van der Waals surface area (Å²) in [5, 5.41) is 9.20. The van der Waals surface area contributed by atoms with Crippen molar-refractivity contribution < 1.29 is 0 Å². The number of hydrogen-bond acceptors (Lipinski definition) is 2. The molecule has 0 saturated carbocycles. The van der Waals surface area contributed by atoms with Gasteiger partial charge in [0.05, 0.1) is 5.56 Å². The average molecular weight is 365 g/mol. The molecule has 90 valence electrons. The van der Waals surface area contributed by atoms with E-state index in [1.807, 2.05) is 12.1 Å². The lowest BCUT2D eigenvalue weighted by molar-refractivity contribution is 1.12. The van der Waals surface area contributed by atoms with Crippen molar-refractivity contribution in [2.45, 2.75) is 23.1 Å². The molecule has 2 aromatic carbocycles. The lowest BCUT2D eigenvalue weighted by Gasteiger charge is -2.06. The van der Waals surface area contributed by atoms with Gasteiger partial charge in [-0.1, -0.05) is 24.8 Å². The Labute approximate surface area is 125 Å². The molecule has 0 radical (unpaired) electrons. The molecule has 0 saturated heterocycles. The summed E-state index contributed by atoms with van der Waals surface area (Å²) in [5.41, 5.74) is 1.97. The predicted molar refractivity (Wildman–Crippen MR) is 83.8 cm³/mol. The SMILES string of the molecule is CCc1ccc(Sc2ccc(I)cc2)c(C#N)c1. The molecule has 0 aromatic heterocycles. The number of nitriles is 1. The number of halogens is 1. The van der Waals surface area contributed by atoms with Crippen LogP contribution in [0.2, 0.25) is 0 Å². The van der Waals surface area contributed by atoms with Crippen LogP contribution in [0.4, 0.5) is 0 Å². The Morgan fingerprint density at radius 1 is 1.17 bits per heavy atom. The number of benzene rings is 2. The number of rotatable bonds is 3. The highest BCUT2D eigenvalue weighted by atomic mass is 127. The van der Waals surface area contributed by atoms with Gasteiger partial charge in [-0.2, -0.15) is 5.26 Å². The van der Waals surface area contributed by atoms with Crippen molar-refractivity contribution in [3.8, 4) is 6.07 Å². The standard InChI is InChI=1S/C15H12INS/c1-2-11-3-8-15(12(9-11)10-17)18-14-6-4-13(16)5-7-14/h3-9H,2H2,1H3. The monoisotopic (exact) mass is 365 g/mol. The van der Waals surface area contributed by atoms with Crippen molar-refractivity contribution in [1.29, 1.82) is 5.26 Å². The van der Waals surface area contributed by atoms with Crippen molar-refractivity contribution in [3.05, 3.63) is 57.2 Å². The van der Waals surface area contributed by atoms with Crippen LogP contribution in [0.1, 0.15) is 18.1 Å². The highest BCUT2D eigenvalue weighted by Gasteiger charge is 2.05. The van der Waals surface area contributed by atoms with Gasteiger partial charge in [-0.05, 0) is 71.0 Å². The first kappa shape index (κ1) is 13.4. The van der Waals surface area contributed by atoms with Gasteiger partial charge in [-0.15, -0.1) is 0 Å². The molecule has 0 atom stereocenters. The summed E-state index contributed by atoms with van der Waals surface area (Å²) in [7, 11) is 0. The Morgan fingerprint density at radius 3 is 2.50 bits per heavy atom. The van der Waals surface area contributed by atoms with Crippen LogP contribution in [0.25, 0.3) is 0 Å². The molecule has 0 N–H and O–H groups in total. The van der Waals surface area contributed by atoms with Gasteiger partial charge in [0.15, 0.2) is 0 Å². The van der Waals surface area contributed by atoms with E-state index in [0.717, 1.165) is 21.8 Å². The van der Waals surface area contributed by atoms with Gasteiger partial charge in [0.1, 0.15) is 6.07 Å². The van der Waals surface area contributed by atoms with Gasteiger partial charge in [0.2, 0.25) is 0 Å². The van der Waals surface area contributed by atoms with E-state index >= 15 is 0 Å². The minimum Gasteiger partial charge on any atom is -0.192 e. The normalized spacial score (nSPS) is 10.1. The second-order valence-corrected chi connectivity index (χ2v) is 6.21. The topological polar surface area (TPSA) is 23.8 Å². The van der Waals surface area contributed by atoms with Gasteiger partial charge >= 0.3 is 0 Å². The van der Waals surface area contributed by atoms with E-state index in [1.54, 1.807) is 11.8 Å². The van der Waals surface area contributed by atoms with Crippen LogP contribution in [0, 0.1) is 14.9 Å². The van der Waals surface area contributed by atoms with Crippen molar-refractivity contribution in [1.82, 2.24) is 0 Å². The molecule has 0 amide bonds. The van der Waals surface area contributed by atoms with Crippen LogP contribution in [0.15, 0.2) is 52.3 Å². The Balaban J connectivity index is 2.29. The molecule has 1 nitrogen and oxygen atoms in total. The molecule has 0 heterocycles. The molecular formula is C15H12INS. The van der Waals surface area contributed by atoms with Gasteiger partial charge in [0, 0.05) is 13.4 Å². The van der Waals surface area contributed by atoms with Crippen molar-refractivity contribution in [3.63, 3.8) is 0 Å². The zero-order valence-electron chi connectivity index (χ0n) is 9.98. The molecule has 0 aliphatic rings. The lowest BCUT2D eigenvalue weighted by Crippen LogP contribution is -1.86. The molecule has 0 fully saturated rings. The molecule has 0 spiro atoms. The van der Waals surface area contributed by atoms with Gasteiger partial charge in [0.25, 0.3) is 0 Å². The highest BCUT2D eigenvalue weighted by molar-refractivity contribution is 14.1. The fraction of sp³-hybridized carbons (Fsp3) is 0.133. The molecule has 0 aliphatic carbocycles. The van der Waals surface area contributed by atoms with E-state index in [0.29, 0.717) is 0 Å². The summed E-state index contributed by atoms with van der Waals surface area (Å²) in [6, 6.07) is 16.7. The van der Waals surface area contributed by atoms with Crippen LogP contribution in [-0.2, 0) is 6.42 Å². The maximum Gasteiger partial charge on any atom is 0.100 e. The van der Waals surface area contributed by atoms with Crippen molar-refractivity contribution in [2.24, 2.45) is 0 Å². The Bertz CT molecular complexity index is 584. The second kappa shape index (κ2) is 6.26. The zero-order valence-corrected chi connectivity index (χ0v) is 13.0.